The summed E-state index contributed by atoms with van der Waals surface area (Å²) in [5, 5.41) is 93.2. The Morgan fingerprint density at radius 3 is 1.68 bits per heavy atom. The van der Waals surface area contributed by atoms with E-state index in [9.17, 15) is 74.1 Å². The number of unbranched alkanes of at least 4 members (excludes halogenated alkanes) is 1. The number of amides is 8. The molecule has 0 bridgehead atoms. The van der Waals surface area contributed by atoms with Gasteiger partial charge in [-0.3, -0.25) is 72.3 Å². The van der Waals surface area contributed by atoms with E-state index in [1.54, 1.807) is 80.4 Å². The van der Waals surface area contributed by atoms with Gasteiger partial charge in [-0.05, 0) is 74.5 Å². The van der Waals surface area contributed by atoms with Crippen LogP contribution in [-0.4, -0.2) is 289 Å². The maximum absolute atomic E-state index is 15.3. The fourth-order valence-electron chi connectivity index (χ4n) is 11.1. The first-order chi connectivity index (χ1) is 47.3. The maximum Gasteiger partial charge on any atom is 0.317 e. The number of fused-ring (bicyclic) bond motifs is 1. The van der Waals surface area contributed by atoms with Crippen LogP contribution in [0, 0.1) is 0 Å². The number of phenols is 1. The Hall–Kier alpha value is -8.45. The molecule has 6 rings (SSSR count). The largest absolute Gasteiger partial charge is 0.508 e. The molecule has 1 aromatic heterocycles. The van der Waals surface area contributed by atoms with Gasteiger partial charge >= 0.3 is 17.9 Å². The van der Waals surface area contributed by atoms with E-state index in [-0.39, 0.29) is 115 Å². The second kappa shape index (κ2) is 40.6. The van der Waals surface area contributed by atoms with Crippen molar-refractivity contribution in [3.63, 3.8) is 0 Å². The number of para-hydroxylation sites is 1. The summed E-state index contributed by atoms with van der Waals surface area (Å²) in [6, 6.07) is 9.21. The first-order valence-corrected chi connectivity index (χ1v) is 35.0. The van der Waals surface area contributed by atoms with E-state index in [4.69, 9.17) is 5.73 Å². The molecule has 34 heteroatoms. The Morgan fingerprint density at radius 1 is 0.596 bits per heavy atom. The molecule has 0 saturated carbocycles. The van der Waals surface area contributed by atoms with Crippen molar-refractivity contribution >= 4 is 97.7 Å². The van der Waals surface area contributed by atoms with Crippen molar-refractivity contribution < 1.29 is 88.5 Å². The van der Waals surface area contributed by atoms with E-state index in [0.29, 0.717) is 34.0 Å². The van der Waals surface area contributed by atoms with Crippen LogP contribution in [0.2, 0.25) is 0 Å². The number of aliphatic hydroxyl groups excluding tert-OH is 3. The van der Waals surface area contributed by atoms with Gasteiger partial charge in [0, 0.05) is 100 Å². The molecule has 8 amide bonds. The first-order valence-electron chi connectivity index (χ1n) is 32.5. The van der Waals surface area contributed by atoms with Gasteiger partial charge in [-0.25, -0.2) is 0 Å². The van der Waals surface area contributed by atoms with Crippen LogP contribution in [0.5, 0.6) is 5.75 Å². The number of hydrogen-bond donors (Lipinski definition) is 17. The van der Waals surface area contributed by atoms with Crippen LogP contribution < -0.4 is 48.3 Å². The van der Waals surface area contributed by atoms with Crippen molar-refractivity contribution in [1.29, 1.82) is 0 Å². The normalized spacial score (nSPS) is 22.0. The Balaban J connectivity index is 1.40. The lowest BCUT2D eigenvalue weighted by Gasteiger charge is -2.33. The van der Waals surface area contributed by atoms with E-state index in [2.05, 4.69) is 47.5 Å². The summed E-state index contributed by atoms with van der Waals surface area (Å²) in [7, 11) is 1.81. The van der Waals surface area contributed by atoms with E-state index in [0.717, 1.165) is 21.6 Å². The van der Waals surface area contributed by atoms with Crippen molar-refractivity contribution in [3.05, 3.63) is 102 Å². The predicted octanol–water partition coefficient (Wildman–Crippen LogP) is -3.47. The Bertz CT molecular complexity index is 3320. The van der Waals surface area contributed by atoms with Crippen LogP contribution in [0.25, 0.3) is 10.9 Å². The maximum atomic E-state index is 15.3. The number of hydrogen-bond acceptors (Lipinski definition) is 22. The number of aliphatic hydroxyl groups is 3. The molecule has 3 heterocycles. The van der Waals surface area contributed by atoms with Crippen molar-refractivity contribution in [3.8, 4) is 5.75 Å². The smallest absolute Gasteiger partial charge is 0.317 e. The van der Waals surface area contributed by atoms with Crippen LogP contribution in [0.3, 0.4) is 0 Å². The highest BCUT2D eigenvalue weighted by Gasteiger charge is 2.37. The second-order valence-corrected chi connectivity index (χ2v) is 27.0. The molecule has 2 saturated heterocycles. The molecule has 0 aliphatic carbocycles. The number of H-pyrrole nitrogens is 1. The Labute approximate surface area is 580 Å². The van der Waals surface area contributed by atoms with Gasteiger partial charge in [0.25, 0.3) is 0 Å². The number of phenolic OH excluding ortho intramolecular Hbond substituents is 1. The molecule has 2 aliphatic heterocycles. The molecule has 542 valence electrons. The van der Waals surface area contributed by atoms with Crippen molar-refractivity contribution in [2.75, 3.05) is 103 Å². The molecule has 32 nitrogen and oxygen atoms in total. The number of aromatic hydroxyl groups is 1. The molecule has 0 radical (unpaired) electrons. The zero-order valence-electron chi connectivity index (χ0n) is 55.2. The highest BCUT2D eigenvalue weighted by molar-refractivity contribution is 8.76. The topological polar surface area (TPSA) is 480 Å². The summed E-state index contributed by atoms with van der Waals surface area (Å²) in [5.74, 6) is -11.6. The Morgan fingerprint density at radius 2 is 1.12 bits per heavy atom. The number of carboxylic acids is 3. The number of nitrogens with zero attached hydrogens (tertiary/aromatic N) is 4. The zero-order valence-corrected chi connectivity index (χ0v) is 56.8. The Kier molecular flexibility index (Phi) is 32.6. The number of benzene rings is 3. The number of nitrogens with two attached hydrogens (primary N) is 1. The van der Waals surface area contributed by atoms with Crippen LogP contribution in [-0.2, 0) is 72.0 Å². The minimum atomic E-state index is -1.77. The van der Waals surface area contributed by atoms with Gasteiger partial charge in [-0.2, -0.15) is 0 Å². The van der Waals surface area contributed by atoms with Crippen LogP contribution in [0.15, 0.2) is 85.1 Å². The van der Waals surface area contributed by atoms with Gasteiger partial charge in [0.05, 0.1) is 51.0 Å². The molecule has 0 unspecified atom stereocenters. The zero-order chi connectivity index (χ0) is 72.1. The quantitative estimate of drug-likeness (QED) is 0.0215. The average Bonchev–Trinajstić information content (AvgIpc) is 1.76. The second-order valence-electron chi connectivity index (χ2n) is 24.5. The summed E-state index contributed by atoms with van der Waals surface area (Å²) in [6.45, 7) is 1.08. The lowest BCUT2D eigenvalue weighted by molar-refractivity contribution is -0.140. The fourth-order valence-corrected chi connectivity index (χ4v) is 13.4. The molecule has 2 aliphatic rings. The molecular formula is C65H92N14O18S2. The van der Waals surface area contributed by atoms with E-state index < -0.39 is 152 Å². The van der Waals surface area contributed by atoms with Gasteiger partial charge < -0.3 is 89.0 Å². The number of aromatic nitrogens is 1. The monoisotopic (exact) mass is 1420 g/mol. The fraction of sp³-hybridized carbons (Fsp3) is 0.523. The number of carboxylic acid groups (broad SMARTS) is 3. The summed E-state index contributed by atoms with van der Waals surface area (Å²) >= 11 is 0. The third-order valence-electron chi connectivity index (χ3n) is 16.6. The number of aromatic amines is 1. The number of aliphatic carboxylic acids is 3. The number of nitrogens with one attached hydrogen (secondary N) is 9. The average molecular weight is 1420 g/mol. The summed E-state index contributed by atoms with van der Waals surface area (Å²) < 4.78 is 0. The molecular weight excluding hydrogens is 1330 g/mol. The SMILES string of the molecule is C[C@@H](O)[C@@H](CO)NC(=O)[C@@H]1CSSC[C@H](NC(=O)[C@@H](Cc2ccccc2)NC(=O)CN2CCN(CC(=O)O)CCN(CC(=O)O)CCN(CC(=O)O)CC2)C(=O)N[C@@H](Cc2ccc(O)cc2)C(=O)N[C@H](Cc2c[nH]c3ccccc23)C(=O)N[C@@H](CCCCN)C(=O)N[C@H]([C@@H](C)O)C(=O)N1. The third-order valence-corrected chi connectivity index (χ3v) is 19.0. The van der Waals surface area contributed by atoms with Crippen LogP contribution >= 0.6 is 21.6 Å². The van der Waals surface area contributed by atoms with E-state index in [1.165, 1.54) is 38.1 Å². The molecule has 3 aromatic carbocycles. The molecule has 0 spiro atoms. The van der Waals surface area contributed by atoms with Gasteiger partial charge in [-0.1, -0.05) is 82.3 Å². The molecule has 18 N–H and O–H groups in total. The van der Waals surface area contributed by atoms with Crippen LogP contribution in [0.1, 0.15) is 49.8 Å². The van der Waals surface area contributed by atoms with E-state index in [1.807, 2.05) is 0 Å². The summed E-state index contributed by atoms with van der Waals surface area (Å²) in [6.07, 6.45) is -1.31. The molecule has 2 fully saturated rings. The van der Waals surface area contributed by atoms with Crippen molar-refractivity contribution in [1.82, 2.24) is 67.1 Å². The van der Waals surface area contributed by atoms with Crippen LogP contribution in [0.4, 0.5) is 0 Å². The molecule has 10 atom stereocenters. The minimum Gasteiger partial charge on any atom is -0.508 e. The number of carbonyl (C=O) groups excluding carboxylic acids is 8. The highest BCUT2D eigenvalue weighted by Crippen LogP contribution is 2.25. The van der Waals surface area contributed by atoms with Gasteiger partial charge in [-0.15, -0.1) is 0 Å². The third kappa shape index (κ3) is 27.0. The number of rotatable bonds is 26. The van der Waals surface area contributed by atoms with E-state index >= 15 is 14.4 Å². The summed E-state index contributed by atoms with van der Waals surface area (Å²) in [5.41, 5.74) is 8.05. The first kappa shape index (κ1) is 79.5. The lowest BCUT2D eigenvalue weighted by atomic mass is 10.0. The van der Waals surface area contributed by atoms with Gasteiger partial charge in [0.15, 0.2) is 0 Å². The number of carbonyl (C=O) groups is 11. The van der Waals surface area contributed by atoms with Gasteiger partial charge in [0.1, 0.15) is 48.0 Å². The molecule has 99 heavy (non-hydrogen) atoms. The van der Waals surface area contributed by atoms with Crippen molar-refractivity contribution in [2.45, 2.75) is 113 Å². The summed E-state index contributed by atoms with van der Waals surface area (Å²) in [4.78, 5) is 163. The standard InChI is InChI=1S/C65H92N14O18S2/c1-39(81)51(36-80)72-64(96)53-38-99-98-37-52(73-60(92)48(28-41-10-4-3-5-11-41)68-54(84)32-76-20-22-77(33-55(85)86)24-26-79(35-57(89)90)27-25-78(23-21-76)34-56(87)88)63(95)70-49(29-42-15-17-44(83)18-16-42)61(93)71-50(30-43-31-67-46-13-7-6-12-45(43)46)62(94)69-47(14-8-9-19-66)59(91)75-58(40(2)82)65(97)74-53/h3-7,10-13,15-18,31,39-40,47-53,58,67,80-83H,8-9,14,19-30,32-38,66H2,1-2H3,(H,68,84)(H,69,94)(H,70,95)(H,71,93)(H,72,96)(H,73,92)(H,74,97)(H,75,91)(H,85,86)(H,87,88)(H,89,90)/t39-,40-,47+,48-,49+,50-,51-,52+,53+,58-/m1/s1. The van der Waals surface area contributed by atoms with Crippen molar-refractivity contribution in [2.24, 2.45) is 5.73 Å². The van der Waals surface area contributed by atoms with Gasteiger partial charge in [0.2, 0.25) is 47.3 Å². The highest BCUT2D eigenvalue weighted by atomic mass is 33.1. The minimum absolute atomic E-state index is 0.0540. The predicted molar refractivity (Wildman–Crippen MR) is 366 cm³/mol. The molecule has 4 aromatic rings. The lowest BCUT2D eigenvalue weighted by Crippen LogP contribution is -2.62.